The summed E-state index contributed by atoms with van der Waals surface area (Å²) in [4.78, 5) is 22.9. The SMILES string of the molecule is C#CC1(c2ccc(C)cn2)CC1.CCOc1ccc(C)cn1.Cc1ccc(C(F)(F)F)nc1.Cc1ccc(C(F)F)nc1.Cc1ccc(OC(F)F)nc1.Cc1ccc(OC2CC2)nc1. The monoisotopic (exact) mass is 906 g/mol. The van der Waals surface area contributed by atoms with Crippen LogP contribution in [0.4, 0.5) is 30.7 Å². The Balaban J connectivity index is 0.000000207. The summed E-state index contributed by atoms with van der Waals surface area (Å²) in [6.07, 6.45) is 13.3. The summed E-state index contributed by atoms with van der Waals surface area (Å²) in [5, 5.41) is 0. The molecule has 2 fully saturated rings. The smallest absolute Gasteiger partial charge is 0.433 e. The molecule has 0 saturated heterocycles. The van der Waals surface area contributed by atoms with E-state index in [9.17, 15) is 30.7 Å². The Bertz CT molecular complexity index is 2240. The predicted octanol–water partition coefficient (Wildman–Crippen LogP) is 12.5. The Morgan fingerprint density at radius 3 is 1.38 bits per heavy atom. The van der Waals surface area contributed by atoms with Gasteiger partial charge in [0.05, 0.1) is 17.7 Å². The zero-order chi connectivity index (χ0) is 48.0. The van der Waals surface area contributed by atoms with Crippen LogP contribution in [0, 0.1) is 53.9 Å². The summed E-state index contributed by atoms with van der Waals surface area (Å²) in [5.74, 6) is 4.24. The van der Waals surface area contributed by atoms with Gasteiger partial charge in [0.25, 0.3) is 6.43 Å². The molecule has 0 N–H and O–H groups in total. The van der Waals surface area contributed by atoms with Crippen molar-refractivity contribution in [2.45, 2.75) is 105 Å². The van der Waals surface area contributed by atoms with Gasteiger partial charge in [-0.1, -0.05) is 42.3 Å². The van der Waals surface area contributed by atoms with Crippen LogP contribution in [0.5, 0.6) is 17.6 Å². The number of halogens is 7. The van der Waals surface area contributed by atoms with E-state index < -0.39 is 24.9 Å². The average molecular weight is 907 g/mol. The predicted molar refractivity (Wildman–Crippen MR) is 235 cm³/mol. The summed E-state index contributed by atoms with van der Waals surface area (Å²) in [6.45, 7) is 11.2. The normalized spacial score (nSPS) is 12.9. The first-order valence-electron chi connectivity index (χ1n) is 20.5. The number of hydrogen-bond donors (Lipinski definition) is 0. The second kappa shape index (κ2) is 26.2. The lowest BCUT2D eigenvalue weighted by atomic mass is 10.0. The van der Waals surface area contributed by atoms with Crippen molar-refractivity contribution in [1.82, 2.24) is 29.9 Å². The molecule has 0 atom stereocenters. The van der Waals surface area contributed by atoms with Crippen molar-refractivity contribution in [2.24, 2.45) is 0 Å². The lowest BCUT2D eigenvalue weighted by Gasteiger charge is -2.05. The first-order chi connectivity index (χ1) is 30.8. The Hall–Kier alpha value is -6.63. The molecule has 0 aromatic carbocycles. The molecule has 2 aliphatic carbocycles. The van der Waals surface area contributed by atoms with Gasteiger partial charge >= 0.3 is 12.8 Å². The highest BCUT2D eigenvalue weighted by molar-refractivity contribution is 5.36. The van der Waals surface area contributed by atoms with Crippen molar-refractivity contribution in [3.63, 3.8) is 0 Å². The molecular formula is C49H53F7N6O3. The first-order valence-corrected chi connectivity index (χ1v) is 20.5. The highest BCUT2D eigenvalue weighted by Crippen LogP contribution is 2.46. The molecule has 16 heteroatoms. The first kappa shape index (κ1) is 52.7. The Kier molecular flexibility index (Phi) is 21.3. The van der Waals surface area contributed by atoms with E-state index in [4.69, 9.17) is 15.9 Å². The highest BCUT2D eigenvalue weighted by atomic mass is 19.4. The molecule has 2 saturated carbocycles. The van der Waals surface area contributed by atoms with E-state index in [1.54, 1.807) is 25.3 Å². The van der Waals surface area contributed by atoms with Gasteiger partial charge in [-0.05, 0) is 126 Å². The largest absolute Gasteiger partial charge is 0.478 e. The number of nitrogens with zero attached hydrogens (tertiary/aromatic N) is 6. The van der Waals surface area contributed by atoms with Crippen LogP contribution in [0.15, 0.2) is 110 Å². The zero-order valence-corrected chi connectivity index (χ0v) is 37.3. The number of terminal acetylenes is 1. The molecule has 65 heavy (non-hydrogen) atoms. The topological polar surface area (TPSA) is 105 Å². The molecule has 2 aliphatic rings. The minimum Gasteiger partial charge on any atom is -0.478 e. The summed E-state index contributed by atoms with van der Waals surface area (Å²) in [6, 6.07) is 20.3. The summed E-state index contributed by atoms with van der Waals surface area (Å²) < 4.78 is 97.0. The van der Waals surface area contributed by atoms with Gasteiger partial charge in [-0.25, -0.2) is 23.7 Å². The van der Waals surface area contributed by atoms with Gasteiger partial charge in [0, 0.05) is 55.4 Å². The third-order valence-electron chi connectivity index (χ3n) is 8.75. The number of aromatic nitrogens is 6. The number of ether oxygens (including phenoxy) is 3. The van der Waals surface area contributed by atoms with Crippen molar-refractivity contribution >= 4 is 0 Å². The number of aryl methyl sites for hydroxylation is 6. The van der Waals surface area contributed by atoms with E-state index in [2.05, 4.69) is 46.6 Å². The van der Waals surface area contributed by atoms with Crippen molar-refractivity contribution in [3.05, 3.63) is 160 Å². The summed E-state index contributed by atoms with van der Waals surface area (Å²) in [5.41, 5.74) is 6.09. The Morgan fingerprint density at radius 1 is 0.600 bits per heavy atom. The maximum atomic E-state index is 11.9. The summed E-state index contributed by atoms with van der Waals surface area (Å²) in [7, 11) is 0. The van der Waals surface area contributed by atoms with Gasteiger partial charge in [-0.2, -0.15) is 22.0 Å². The van der Waals surface area contributed by atoms with Gasteiger partial charge < -0.3 is 14.2 Å². The molecule has 0 aliphatic heterocycles. The minimum absolute atomic E-state index is 0.00625. The van der Waals surface area contributed by atoms with Gasteiger partial charge in [-0.15, -0.1) is 6.42 Å². The molecule has 6 aromatic heterocycles. The zero-order valence-electron chi connectivity index (χ0n) is 37.3. The third-order valence-corrected chi connectivity index (χ3v) is 8.75. The van der Waals surface area contributed by atoms with Crippen LogP contribution in [-0.2, 0) is 11.6 Å². The quantitative estimate of drug-likeness (QED) is 0.109. The highest BCUT2D eigenvalue weighted by Gasteiger charge is 2.43. The maximum absolute atomic E-state index is 11.9. The molecule has 6 aromatic rings. The number of rotatable bonds is 8. The Morgan fingerprint density at radius 2 is 1.05 bits per heavy atom. The van der Waals surface area contributed by atoms with E-state index in [1.165, 1.54) is 60.8 Å². The number of pyridine rings is 6. The third kappa shape index (κ3) is 21.1. The second-order valence-corrected chi connectivity index (χ2v) is 14.9. The molecule has 0 unspecified atom stereocenters. The molecule has 346 valence electrons. The Labute approximate surface area is 375 Å². The summed E-state index contributed by atoms with van der Waals surface area (Å²) >= 11 is 0. The second-order valence-electron chi connectivity index (χ2n) is 14.9. The average Bonchev–Trinajstić information content (AvgIpc) is 4.22. The van der Waals surface area contributed by atoms with E-state index >= 15 is 0 Å². The minimum atomic E-state index is -4.33. The van der Waals surface area contributed by atoms with Gasteiger partial charge in [0.1, 0.15) is 17.5 Å². The van der Waals surface area contributed by atoms with E-state index in [-0.39, 0.29) is 17.0 Å². The van der Waals surface area contributed by atoms with Crippen molar-refractivity contribution in [3.8, 4) is 30.0 Å². The van der Waals surface area contributed by atoms with Crippen LogP contribution < -0.4 is 14.2 Å². The molecule has 0 radical (unpaired) electrons. The lowest BCUT2D eigenvalue weighted by Crippen LogP contribution is -2.07. The van der Waals surface area contributed by atoms with Crippen molar-refractivity contribution in [1.29, 1.82) is 0 Å². The number of hydrogen-bond acceptors (Lipinski definition) is 9. The standard InChI is InChI=1S/C11H11N.C9H11NO.C8H11NO.C7H6F3N.C7H7F2NO.C7H7F2N/c1-3-11(6-7-11)10-5-4-9(2)8-12-10;1-7-2-5-9(10-6-7)11-8-3-4-8;1-3-10-8-5-4-7(2)6-9-8;1-5-2-3-6(11-4-5)7(8,9)10;1-5-2-3-6(10-4-5)11-7(8)9;1-5-2-3-6(7(8)9)10-4-5/h1,4-5,8H,6-7H2,2H3;2,5-6,8H,3-4H2,1H3;4-6H,3H2,1-2H3;2-4H,1H3;2-4,7H,1H3;2-4,7H,1H3. The van der Waals surface area contributed by atoms with Gasteiger partial charge in [-0.3, -0.25) is 15.0 Å². The fourth-order valence-electron chi connectivity index (χ4n) is 4.78. The molecule has 0 amide bonds. The number of alkyl halides is 7. The van der Waals surface area contributed by atoms with Crippen LogP contribution in [0.25, 0.3) is 0 Å². The fourth-order valence-corrected chi connectivity index (χ4v) is 4.78. The molecule has 6 heterocycles. The van der Waals surface area contributed by atoms with Gasteiger partial charge in [0.2, 0.25) is 17.6 Å². The van der Waals surface area contributed by atoms with Crippen LogP contribution in [0.3, 0.4) is 0 Å². The van der Waals surface area contributed by atoms with Crippen molar-refractivity contribution < 1.29 is 44.9 Å². The van der Waals surface area contributed by atoms with Crippen LogP contribution in [0.2, 0.25) is 0 Å². The molecule has 8 rings (SSSR count). The van der Waals surface area contributed by atoms with Gasteiger partial charge in [0.15, 0.2) is 0 Å². The van der Waals surface area contributed by atoms with E-state index in [0.717, 1.165) is 52.7 Å². The lowest BCUT2D eigenvalue weighted by molar-refractivity contribution is -0.141. The van der Waals surface area contributed by atoms with Crippen molar-refractivity contribution in [2.75, 3.05) is 6.61 Å². The van der Waals surface area contributed by atoms with Crippen LogP contribution >= 0.6 is 0 Å². The van der Waals surface area contributed by atoms with Crippen LogP contribution in [0.1, 0.15) is 89.5 Å². The van der Waals surface area contributed by atoms with E-state index in [0.29, 0.717) is 18.6 Å². The fraction of sp³-hybridized carbons (Fsp3) is 0.347. The molecule has 0 spiro atoms. The maximum Gasteiger partial charge on any atom is 0.433 e. The molecule has 9 nitrogen and oxygen atoms in total. The van der Waals surface area contributed by atoms with Crippen LogP contribution in [-0.4, -0.2) is 49.2 Å². The molecular weight excluding hydrogens is 854 g/mol. The molecule has 0 bridgehead atoms. The van der Waals surface area contributed by atoms with E-state index in [1.807, 2.05) is 84.3 Å².